The molecular formula is C24H34N4O4. The van der Waals surface area contributed by atoms with Gasteiger partial charge in [0.1, 0.15) is 0 Å². The Morgan fingerprint density at radius 1 is 0.969 bits per heavy atom. The molecule has 0 spiro atoms. The average Bonchev–Trinajstić information content (AvgIpc) is 2.84. The van der Waals surface area contributed by atoms with Crippen molar-refractivity contribution < 1.29 is 19.1 Å². The second-order valence-corrected chi connectivity index (χ2v) is 8.94. The molecule has 0 aromatic heterocycles. The number of hydrogen-bond donors (Lipinski definition) is 0. The number of amides is 2. The van der Waals surface area contributed by atoms with Crippen molar-refractivity contribution >= 4 is 23.3 Å². The fourth-order valence-corrected chi connectivity index (χ4v) is 4.77. The van der Waals surface area contributed by atoms with E-state index in [1.54, 1.807) is 6.92 Å². The summed E-state index contributed by atoms with van der Waals surface area (Å²) in [6.45, 7) is 9.88. The number of benzene rings is 1. The predicted molar refractivity (Wildman–Crippen MR) is 122 cm³/mol. The highest BCUT2D eigenvalue weighted by Gasteiger charge is 2.34. The van der Waals surface area contributed by atoms with E-state index in [9.17, 15) is 14.4 Å². The van der Waals surface area contributed by atoms with Gasteiger partial charge in [0, 0.05) is 76.6 Å². The Morgan fingerprint density at radius 3 is 2.31 bits per heavy atom. The molecule has 0 saturated carbocycles. The highest BCUT2D eigenvalue weighted by atomic mass is 16.5. The van der Waals surface area contributed by atoms with Crippen LogP contribution in [0, 0.1) is 5.92 Å². The SMILES string of the molecule is CC(=O)c1ccc(N2CCN(C(=O)[C@H]3CCC(=O)N(CCN4CCOCC4)C3)CC2)cc1. The molecule has 4 rings (SSSR count). The molecule has 0 N–H and O–H groups in total. The summed E-state index contributed by atoms with van der Waals surface area (Å²) in [6.07, 6.45) is 1.11. The third kappa shape index (κ3) is 5.48. The van der Waals surface area contributed by atoms with Crippen LogP contribution in [0.4, 0.5) is 5.69 Å². The number of nitrogens with zero attached hydrogens (tertiary/aromatic N) is 4. The van der Waals surface area contributed by atoms with Crippen molar-refractivity contribution in [3.05, 3.63) is 29.8 Å². The number of morpholine rings is 1. The first-order chi connectivity index (χ1) is 15.5. The summed E-state index contributed by atoms with van der Waals surface area (Å²) in [4.78, 5) is 45.5. The van der Waals surface area contributed by atoms with Crippen LogP contribution in [0.2, 0.25) is 0 Å². The van der Waals surface area contributed by atoms with Crippen LogP contribution in [-0.4, -0.2) is 104 Å². The highest BCUT2D eigenvalue weighted by Crippen LogP contribution is 2.23. The number of carbonyl (C=O) groups excluding carboxylic acids is 3. The molecule has 174 valence electrons. The van der Waals surface area contributed by atoms with E-state index in [1.165, 1.54) is 0 Å². The third-order valence-corrected chi connectivity index (χ3v) is 6.87. The van der Waals surface area contributed by atoms with Gasteiger partial charge in [0.15, 0.2) is 5.78 Å². The van der Waals surface area contributed by atoms with Crippen molar-refractivity contribution in [2.45, 2.75) is 19.8 Å². The number of anilines is 1. The molecule has 2 amide bonds. The van der Waals surface area contributed by atoms with Crippen molar-refractivity contribution in [3.63, 3.8) is 0 Å². The zero-order chi connectivity index (χ0) is 22.5. The zero-order valence-corrected chi connectivity index (χ0v) is 19.0. The van der Waals surface area contributed by atoms with E-state index in [4.69, 9.17) is 4.74 Å². The second-order valence-electron chi connectivity index (χ2n) is 8.94. The van der Waals surface area contributed by atoms with Crippen LogP contribution in [0.5, 0.6) is 0 Å². The first-order valence-electron chi connectivity index (χ1n) is 11.7. The van der Waals surface area contributed by atoms with Crippen molar-refractivity contribution in [2.75, 3.05) is 77.0 Å². The summed E-state index contributed by atoms with van der Waals surface area (Å²) in [5.41, 5.74) is 1.80. The lowest BCUT2D eigenvalue weighted by atomic mass is 9.95. The zero-order valence-electron chi connectivity index (χ0n) is 19.0. The van der Waals surface area contributed by atoms with Crippen LogP contribution >= 0.6 is 0 Å². The van der Waals surface area contributed by atoms with Crippen LogP contribution in [0.1, 0.15) is 30.1 Å². The number of carbonyl (C=O) groups is 3. The first-order valence-corrected chi connectivity index (χ1v) is 11.7. The standard InChI is InChI=1S/C24H34N4O4/c1-19(29)20-2-5-22(6-3-20)26-10-12-27(13-11-26)24(31)21-4-7-23(30)28(18-21)9-8-25-14-16-32-17-15-25/h2-3,5-6,21H,4,7-18H2,1H3/t21-/m0/s1. The lowest BCUT2D eigenvalue weighted by Gasteiger charge is -2.40. The second kappa shape index (κ2) is 10.4. The minimum absolute atomic E-state index is 0.0666. The van der Waals surface area contributed by atoms with Crippen LogP contribution < -0.4 is 4.90 Å². The van der Waals surface area contributed by atoms with Crippen LogP contribution in [-0.2, 0) is 14.3 Å². The molecule has 8 heteroatoms. The molecule has 0 radical (unpaired) electrons. The van der Waals surface area contributed by atoms with Gasteiger partial charge in [-0.15, -0.1) is 0 Å². The topological polar surface area (TPSA) is 73.4 Å². The Morgan fingerprint density at radius 2 is 1.66 bits per heavy atom. The molecule has 3 aliphatic heterocycles. The monoisotopic (exact) mass is 442 g/mol. The molecule has 1 aromatic rings. The van der Waals surface area contributed by atoms with Gasteiger partial charge in [0.2, 0.25) is 11.8 Å². The maximum Gasteiger partial charge on any atom is 0.227 e. The Kier molecular flexibility index (Phi) is 7.42. The van der Waals surface area contributed by atoms with Crippen molar-refractivity contribution in [2.24, 2.45) is 5.92 Å². The minimum atomic E-state index is -0.0983. The first kappa shape index (κ1) is 22.7. The Labute approximate surface area is 190 Å². The van der Waals surface area contributed by atoms with Crippen molar-refractivity contribution in [1.82, 2.24) is 14.7 Å². The molecule has 0 aliphatic carbocycles. The van der Waals surface area contributed by atoms with Gasteiger partial charge in [-0.3, -0.25) is 19.3 Å². The molecule has 3 aliphatic rings. The van der Waals surface area contributed by atoms with Crippen LogP contribution in [0.3, 0.4) is 0 Å². The van der Waals surface area contributed by atoms with E-state index in [0.29, 0.717) is 44.6 Å². The van der Waals surface area contributed by atoms with Gasteiger partial charge >= 0.3 is 0 Å². The van der Waals surface area contributed by atoms with E-state index < -0.39 is 0 Å². The third-order valence-electron chi connectivity index (χ3n) is 6.87. The summed E-state index contributed by atoms with van der Waals surface area (Å²) in [5, 5.41) is 0. The molecular weight excluding hydrogens is 408 g/mol. The Balaban J connectivity index is 1.26. The molecule has 3 saturated heterocycles. The largest absolute Gasteiger partial charge is 0.379 e. The van der Waals surface area contributed by atoms with Crippen LogP contribution in [0.25, 0.3) is 0 Å². The number of ketones is 1. The lowest BCUT2D eigenvalue weighted by Crippen LogP contribution is -2.54. The fraction of sp³-hybridized carbons (Fsp3) is 0.625. The summed E-state index contributed by atoms with van der Waals surface area (Å²) in [6, 6.07) is 7.68. The van der Waals surface area contributed by atoms with Gasteiger partial charge in [-0.1, -0.05) is 0 Å². The summed E-state index contributed by atoms with van der Waals surface area (Å²) in [7, 11) is 0. The van der Waals surface area contributed by atoms with Gasteiger partial charge in [0.25, 0.3) is 0 Å². The number of rotatable bonds is 6. The maximum absolute atomic E-state index is 13.2. The van der Waals surface area contributed by atoms with E-state index in [0.717, 1.165) is 51.6 Å². The molecule has 3 fully saturated rings. The van der Waals surface area contributed by atoms with E-state index in [1.807, 2.05) is 34.1 Å². The van der Waals surface area contributed by atoms with E-state index in [-0.39, 0.29) is 23.5 Å². The molecule has 1 aromatic carbocycles. The number of hydrogen-bond acceptors (Lipinski definition) is 6. The predicted octanol–water partition coefficient (Wildman–Crippen LogP) is 1.11. The summed E-state index contributed by atoms with van der Waals surface area (Å²) >= 11 is 0. The smallest absolute Gasteiger partial charge is 0.227 e. The van der Waals surface area contributed by atoms with Crippen molar-refractivity contribution in [1.29, 1.82) is 0 Å². The number of Topliss-reactive ketones (excluding diaryl/α,β-unsaturated/α-hetero) is 1. The van der Waals surface area contributed by atoms with Gasteiger partial charge in [-0.25, -0.2) is 0 Å². The van der Waals surface area contributed by atoms with Gasteiger partial charge < -0.3 is 19.4 Å². The Bertz CT molecular complexity index is 814. The number of likely N-dealkylation sites (tertiary alicyclic amines) is 1. The fourth-order valence-electron chi connectivity index (χ4n) is 4.77. The summed E-state index contributed by atoms with van der Waals surface area (Å²) in [5.74, 6) is 0.317. The van der Waals surface area contributed by atoms with E-state index >= 15 is 0 Å². The molecule has 1 atom stereocenters. The van der Waals surface area contributed by atoms with Gasteiger partial charge in [-0.2, -0.15) is 0 Å². The number of piperidine rings is 1. The van der Waals surface area contributed by atoms with Crippen molar-refractivity contribution in [3.8, 4) is 0 Å². The van der Waals surface area contributed by atoms with Gasteiger partial charge in [0.05, 0.1) is 19.1 Å². The maximum atomic E-state index is 13.2. The quantitative estimate of drug-likeness (QED) is 0.615. The molecule has 3 heterocycles. The highest BCUT2D eigenvalue weighted by molar-refractivity contribution is 5.94. The molecule has 32 heavy (non-hydrogen) atoms. The normalized spacial score (nSPS) is 22.8. The van der Waals surface area contributed by atoms with E-state index in [2.05, 4.69) is 9.80 Å². The summed E-state index contributed by atoms with van der Waals surface area (Å²) < 4.78 is 5.39. The number of ether oxygens (including phenoxy) is 1. The van der Waals surface area contributed by atoms with Gasteiger partial charge in [-0.05, 0) is 37.6 Å². The lowest BCUT2D eigenvalue weighted by molar-refractivity contribution is -0.143. The molecule has 0 unspecified atom stereocenters. The average molecular weight is 443 g/mol. The molecule has 8 nitrogen and oxygen atoms in total. The van der Waals surface area contributed by atoms with Crippen LogP contribution in [0.15, 0.2) is 24.3 Å². The number of piperazine rings is 1. The molecule has 0 bridgehead atoms. The minimum Gasteiger partial charge on any atom is -0.379 e. The Hall–Kier alpha value is -2.45.